The average Bonchev–Trinajstić information content (AvgIpc) is 3.15. The lowest BCUT2D eigenvalue weighted by Crippen LogP contribution is -2.54. The molecule has 0 bridgehead atoms. The number of nitrogens with one attached hydrogen (secondary N) is 1. The molecule has 3 aliphatic rings. The van der Waals surface area contributed by atoms with E-state index in [1.54, 1.807) is 0 Å². The molecular formula is C16H27N3O2. The molecule has 2 aliphatic heterocycles. The molecule has 1 saturated carbocycles. The highest BCUT2D eigenvalue weighted by molar-refractivity contribution is 5.89. The molecule has 3 rings (SSSR count). The summed E-state index contributed by atoms with van der Waals surface area (Å²) in [6.07, 6.45) is 5.12. The summed E-state index contributed by atoms with van der Waals surface area (Å²) < 4.78 is 0. The van der Waals surface area contributed by atoms with Crippen LogP contribution in [0.25, 0.3) is 0 Å². The highest BCUT2D eigenvalue weighted by atomic mass is 16.2. The zero-order chi connectivity index (χ0) is 14.8. The summed E-state index contributed by atoms with van der Waals surface area (Å²) in [4.78, 5) is 29.3. The standard InChI is InChI=1S/C16H27N3O2/c1-12-4-2-5-13(12)15(20)19-9-3-6-14(19)16(21)18-10-7-17-8-11-18/h12-14,17H,2-11H2,1H3. The Morgan fingerprint density at radius 3 is 2.38 bits per heavy atom. The lowest BCUT2D eigenvalue weighted by atomic mass is 9.96. The van der Waals surface area contributed by atoms with Crippen molar-refractivity contribution >= 4 is 11.8 Å². The summed E-state index contributed by atoms with van der Waals surface area (Å²) in [6, 6.07) is -0.191. The molecule has 0 aromatic carbocycles. The number of rotatable bonds is 2. The first-order chi connectivity index (χ1) is 10.2. The fourth-order valence-corrected chi connectivity index (χ4v) is 4.11. The van der Waals surface area contributed by atoms with Crippen LogP contribution in [0.4, 0.5) is 0 Å². The minimum Gasteiger partial charge on any atom is -0.338 e. The first-order valence-corrected chi connectivity index (χ1v) is 8.48. The zero-order valence-electron chi connectivity index (χ0n) is 13.0. The topological polar surface area (TPSA) is 52.7 Å². The van der Waals surface area contributed by atoms with E-state index in [-0.39, 0.29) is 23.8 Å². The van der Waals surface area contributed by atoms with Crippen LogP contribution in [0.5, 0.6) is 0 Å². The Bertz CT molecular complexity index is 406. The van der Waals surface area contributed by atoms with Crippen molar-refractivity contribution in [2.45, 2.75) is 45.1 Å². The molecule has 21 heavy (non-hydrogen) atoms. The molecule has 3 fully saturated rings. The fourth-order valence-electron chi connectivity index (χ4n) is 4.11. The molecule has 3 atom stereocenters. The van der Waals surface area contributed by atoms with Crippen molar-refractivity contribution in [2.75, 3.05) is 32.7 Å². The number of piperazine rings is 1. The Kier molecular flexibility index (Phi) is 4.48. The molecular weight excluding hydrogens is 266 g/mol. The minimum absolute atomic E-state index is 0.154. The van der Waals surface area contributed by atoms with E-state index in [1.807, 2.05) is 9.80 Å². The van der Waals surface area contributed by atoms with Crippen LogP contribution >= 0.6 is 0 Å². The lowest BCUT2D eigenvalue weighted by molar-refractivity contribution is -0.146. The normalized spacial score (nSPS) is 33.5. The maximum Gasteiger partial charge on any atom is 0.245 e. The molecule has 0 aromatic rings. The van der Waals surface area contributed by atoms with Gasteiger partial charge in [-0.2, -0.15) is 0 Å². The number of likely N-dealkylation sites (tertiary alicyclic amines) is 1. The van der Waals surface area contributed by atoms with Crippen molar-refractivity contribution in [2.24, 2.45) is 11.8 Å². The molecule has 118 valence electrons. The molecule has 2 saturated heterocycles. The first-order valence-electron chi connectivity index (χ1n) is 8.48. The summed E-state index contributed by atoms with van der Waals surface area (Å²) >= 11 is 0. The highest BCUT2D eigenvalue weighted by Gasteiger charge is 2.41. The zero-order valence-corrected chi connectivity index (χ0v) is 13.0. The van der Waals surface area contributed by atoms with Gasteiger partial charge in [-0.25, -0.2) is 0 Å². The number of hydrogen-bond donors (Lipinski definition) is 1. The predicted octanol–water partition coefficient (Wildman–Crippen LogP) is 0.845. The van der Waals surface area contributed by atoms with Gasteiger partial charge in [-0.1, -0.05) is 13.3 Å². The van der Waals surface area contributed by atoms with Gasteiger partial charge in [0.2, 0.25) is 11.8 Å². The third-order valence-electron chi connectivity index (χ3n) is 5.43. The van der Waals surface area contributed by atoms with Crippen LogP contribution < -0.4 is 5.32 Å². The van der Waals surface area contributed by atoms with E-state index >= 15 is 0 Å². The molecule has 1 N–H and O–H groups in total. The Morgan fingerprint density at radius 2 is 1.71 bits per heavy atom. The molecule has 2 amide bonds. The summed E-state index contributed by atoms with van der Waals surface area (Å²) in [6.45, 7) is 6.23. The molecule has 0 aromatic heterocycles. The quantitative estimate of drug-likeness (QED) is 0.821. The Hall–Kier alpha value is -1.10. The van der Waals surface area contributed by atoms with Crippen LogP contribution in [-0.4, -0.2) is 60.4 Å². The van der Waals surface area contributed by atoms with Crippen molar-refractivity contribution in [1.29, 1.82) is 0 Å². The highest BCUT2D eigenvalue weighted by Crippen LogP contribution is 2.34. The number of nitrogens with zero attached hydrogens (tertiary/aromatic N) is 2. The van der Waals surface area contributed by atoms with Crippen LogP contribution in [0.3, 0.4) is 0 Å². The lowest BCUT2D eigenvalue weighted by Gasteiger charge is -2.34. The summed E-state index contributed by atoms with van der Waals surface area (Å²) in [5.41, 5.74) is 0. The Morgan fingerprint density at radius 1 is 0.952 bits per heavy atom. The SMILES string of the molecule is CC1CCCC1C(=O)N1CCCC1C(=O)N1CCNCC1. The summed E-state index contributed by atoms with van der Waals surface area (Å²) in [5.74, 6) is 1.05. The molecule has 5 nitrogen and oxygen atoms in total. The van der Waals surface area contributed by atoms with Gasteiger partial charge in [-0.05, 0) is 31.6 Å². The number of carbonyl (C=O) groups is 2. The van der Waals surface area contributed by atoms with Crippen LogP contribution in [0.1, 0.15) is 39.0 Å². The number of carbonyl (C=O) groups excluding carboxylic acids is 2. The molecule has 0 spiro atoms. The average molecular weight is 293 g/mol. The second-order valence-corrected chi connectivity index (χ2v) is 6.78. The van der Waals surface area contributed by atoms with Gasteiger partial charge in [0.25, 0.3) is 0 Å². The second kappa shape index (κ2) is 6.34. The van der Waals surface area contributed by atoms with E-state index in [1.165, 1.54) is 0 Å². The van der Waals surface area contributed by atoms with Crippen LogP contribution in [0.15, 0.2) is 0 Å². The van der Waals surface area contributed by atoms with Crippen molar-refractivity contribution in [3.8, 4) is 0 Å². The van der Waals surface area contributed by atoms with Gasteiger partial charge in [0.05, 0.1) is 0 Å². The molecule has 0 radical (unpaired) electrons. The van der Waals surface area contributed by atoms with E-state index in [9.17, 15) is 9.59 Å². The van der Waals surface area contributed by atoms with Crippen LogP contribution in [0, 0.1) is 11.8 Å². The van der Waals surface area contributed by atoms with Crippen molar-refractivity contribution < 1.29 is 9.59 Å². The smallest absolute Gasteiger partial charge is 0.245 e. The van der Waals surface area contributed by atoms with Crippen molar-refractivity contribution in [1.82, 2.24) is 15.1 Å². The van der Waals surface area contributed by atoms with Gasteiger partial charge in [0.1, 0.15) is 6.04 Å². The second-order valence-electron chi connectivity index (χ2n) is 6.78. The molecule has 5 heteroatoms. The molecule has 3 unspecified atom stereocenters. The van der Waals surface area contributed by atoms with E-state index in [4.69, 9.17) is 0 Å². The Balaban J connectivity index is 1.67. The minimum atomic E-state index is -0.191. The van der Waals surface area contributed by atoms with E-state index in [0.29, 0.717) is 5.92 Å². The largest absolute Gasteiger partial charge is 0.338 e. The van der Waals surface area contributed by atoms with E-state index in [2.05, 4.69) is 12.2 Å². The third-order valence-corrected chi connectivity index (χ3v) is 5.43. The van der Waals surface area contributed by atoms with Crippen molar-refractivity contribution in [3.63, 3.8) is 0 Å². The van der Waals surface area contributed by atoms with E-state index < -0.39 is 0 Å². The monoisotopic (exact) mass is 293 g/mol. The van der Waals surface area contributed by atoms with Gasteiger partial charge in [0.15, 0.2) is 0 Å². The summed E-state index contributed by atoms with van der Waals surface area (Å²) in [5, 5.41) is 3.27. The maximum atomic E-state index is 12.8. The van der Waals surface area contributed by atoms with Crippen LogP contribution in [-0.2, 0) is 9.59 Å². The van der Waals surface area contributed by atoms with Crippen LogP contribution in [0.2, 0.25) is 0 Å². The summed E-state index contributed by atoms with van der Waals surface area (Å²) in [7, 11) is 0. The first kappa shape index (κ1) is 14.8. The Labute approximate surface area is 127 Å². The van der Waals surface area contributed by atoms with Gasteiger partial charge in [-0.3, -0.25) is 9.59 Å². The van der Waals surface area contributed by atoms with Gasteiger partial charge >= 0.3 is 0 Å². The van der Waals surface area contributed by atoms with Gasteiger partial charge < -0.3 is 15.1 Å². The third kappa shape index (κ3) is 2.93. The fraction of sp³-hybridized carbons (Fsp3) is 0.875. The maximum absolute atomic E-state index is 12.8. The van der Waals surface area contributed by atoms with Gasteiger partial charge in [0, 0.05) is 38.6 Å². The van der Waals surface area contributed by atoms with Gasteiger partial charge in [-0.15, -0.1) is 0 Å². The van der Waals surface area contributed by atoms with E-state index in [0.717, 1.165) is 64.8 Å². The molecule has 1 aliphatic carbocycles. The van der Waals surface area contributed by atoms with Crippen molar-refractivity contribution in [3.05, 3.63) is 0 Å². The number of hydrogen-bond acceptors (Lipinski definition) is 3. The number of amides is 2. The predicted molar refractivity (Wildman–Crippen MR) is 80.7 cm³/mol. The molecule has 2 heterocycles.